The van der Waals surface area contributed by atoms with Gasteiger partial charge in [-0.25, -0.2) is 0 Å². The molecule has 1 aromatic heterocycles. The van der Waals surface area contributed by atoms with Gasteiger partial charge in [0, 0.05) is 10.9 Å². The third-order valence-corrected chi connectivity index (χ3v) is 3.94. The van der Waals surface area contributed by atoms with E-state index in [4.69, 9.17) is 4.74 Å². The molecule has 0 bridgehead atoms. The van der Waals surface area contributed by atoms with Gasteiger partial charge in [-0.15, -0.1) is 0 Å². The normalized spacial score (nSPS) is 16.4. The highest BCUT2D eigenvalue weighted by Gasteiger charge is 2.16. The van der Waals surface area contributed by atoms with E-state index < -0.39 is 0 Å². The summed E-state index contributed by atoms with van der Waals surface area (Å²) in [6.07, 6.45) is 3.70. The van der Waals surface area contributed by atoms with Gasteiger partial charge in [0.15, 0.2) is 5.78 Å². The minimum atomic E-state index is 0.169. The maximum absolute atomic E-state index is 12.3. The first kappa shape index (κ1) is 13.2. The van der Waals surface area contributed by atoms with Crippen LogP contribution in [0.2, 0.25) is 0 Å². The molecule has 0 unspecified atom stereocenters. The van der Waals surface area contributed by atoms with E-state index in [0.29, 0.717) is 12.2 Å². The van der Waals surface area contributed by atoms with Gasteiger partial charge in [0.25, 0.3) is 0 Å². The van der Waals surface area contributed by atoms with E-state index >= 15 is 0 Å². The summed E-state index contributed by atoms with van der Waals surface area (Å²) < 4.78 is 5.21. The molecule has 0 spiro atoms. The van der Waals surface area contributed by atoms with Crippen LogP contribution in [0.4, 0.5) is 0 Å². The molecule has 3 rings (SSSR count). The number of rotatable bonds is 4. The third kappa shape index (κ3) is 2.70. The number of fused-ring (bicyclic) bond motifs is 1. The summed E-state index contributed by atoms with van der Waals surface area (Å²) in [6, 6.07) is 7.72. The Balaban J connectivity index is 1.77. The molecule has 4 nitrogen and oxygen atoms in total. The van der Waals surface area contributed by atoms with Crippen LogP contribution in [-0.2, 0) is 0 Å². The van der Waals surface area contributed by atoms with Crippen molar-refractivity contribution in [2.75, 3.05) is 26.7 Å². The third-order valence-electron chi connectivity index (χ3n) is 3.94. The molecule has 1 aromatic carbocycles. The van der Waals surface area contributed by atoms with Crippen molar-refractivity contribution in [1.29, 1.82) is 0 Å². The molecule has 2 aromatic rings. The van der Waals surface area contributed by atoms with Gasteiger partial charge < -0.3 is 9.72 Å². The average Bonchev–Trinajstić information content (AvgIpc) is 2.91. The number of aromatic nitrogens is 1. The molecular formula is C16H20N2O2. The molecule has 0 aliphatic carbocycles. The topological polar surface area (TPSA) is 45.3 Å². The Morgan fingerprint density at radius 1 is 1.25 bits per heavy atom. The lowest BCUT2D eigenvalue weighted by Crippen LogP contribution is -2.34. The van der Waals surface area contributed by atoms with E-state index in [-0.39, 0.29) is 5.78 Å². The maximum Gasteiger partial charge on any atom is 0.192 e. The van der Waals surface area contributed by atoms with Crippen molar-refractivity contribution in [3.05, 3.63) is 30.0 Å². The van der Waals surface area contributed by atoms with E-state index in [1.807, 2.05) is 24.3 Å². The van der Waals surface area contributed by atoms with Crippen LogP contribution in [0.5, 0.6) is 5.75 Å². The number of hydrogen-bond donors (Lipinski definition) is 1. The number of H-pyrrole nitrogens is 1. The van der Waals surface area contributed by atoms with E-state index in [2.05, 4.69) is 9.88 Å². The second-order valence-corrected chi connectivity index (χ2v) is 5.40. The second-order valence-electron chi connectivity index (χ2n) is 5.40. The summed E-state index contributed by atoms with van der Waals surface area (Å²) in [4.78, 5) is 17.8. The first-order valence-electron chi connectivity index (χ1n) is 7.18. The number of Topliss-reactive ketones (excluding diaryl/α,β-unsaturated/α-hetero) is 1. The summed E-state index contributed by atoms with van der Waals surface area (Å²) >= 11 is 0. The molecule has 1 aliphatic rings. The van der Waals surface area contributed by atoms with E-state index in [9.17, 15) is 4.79 Å². The summed E-state index contributed by atoms with van der Waals surface area (Å²) in [5.41, 5.74) is 1.67. The molecule has 1 fully saturated rings. The molecule has 2 heterocycles. The fraction of sp³-hybridized carbons (Fsp3) is 0.438. The highest BCUT2D eigenvalue weighted by molar-refractivity contribution is 6.00. The molecule has 106 valence electrons. The average molecular weight is 272 g/mol. The summed E-state index contributed by atoms with van der Waals surface area (Å²) in [6.45, 7) is 2.60. The van der Waals surface area contributed by atoms with Gasteiger partial charge in [-0.05, 0) is 50.2 Å². The van der Waals surface area contributed by atoms with Crippen molar-refractivity contribution in [1.82, 2.24) is 9.88 Å². The number of ether oxygens (including phenoxy) is 1. The van der Waals surface area contributed by atoms with E-state index in [1.54, 1.807) is 7.11 Å². The number of ketones is 1. The Bertz CT molecular complexity index is 612. The van der Waals surface area contributed by atoms with Crippen molar-refractivity contribution in [2.24, 2.45) is 0 Å². The number of likely N-dealkylation sites (tertiary alicyclic amines) is 1. The molecule has 1 N–H and O–H groups in total. The number of benzene rings is 1. The summed E-state index contributed by atoms with van der Waals surface area (Å²) in [5, 5.41) is 1.02. The number of piperidine rings is 1. The zero-order chi connectivity index (χ0) is 13.9. The lowest BCUT2D eigenvalue weighted by Gasteiger charge is -2.25. The Labute approximate surface area is 118 Å². The van der Waals surface area contributed by atoms with Gasteiger partial charge in [-0.3, -0.25) is 9.69 Å². The lowest BCUT2D eigenvalue weighted by atomic mass is 10.1. The Morgan fingerprint density at radius 3 is 2.80 bits per heavy atom. The quantitative estimate of drug-likeness (QED) is 0.870. The summed E-state index contributed by atoms with van der Waals surface area (Å²) in [7, 11) is 1.65. The Morgan fingerprint density at radius 2 is 2.05 bits per heavy atom. The number of nitrogens with zero attached hydrogens (tertiary/aromatic N) is 1. The van der Waals surface area contributed by atoms with Crippen molar-refractivity contribution < 1.29 is 9.53 Å². The highest BCUT2D eigenvalue weighted by Crippen LogP contribution is 2.22. The van der Waals surface area contributed by atoms with Crippen LogP contribution in [0.15, 0.2) is 24.3 Å². The maximum atomic E-state index is 12.3. The number of hydrogen-bond acceptors (Lipinski definition) is 3. The number of nitrogens with one attached hydrogen (secondary N) is 1. The minimum Gasteiger partial charge on any atom is -0.497 e. The van der Waals surface area contributed by atoms with Crippen LogP contribution in [0.1, 0.15) is 29.8 Å². The Kier molecular flexibility index (Phi) is 3.74. The van der Waals surface area contributed by atoms with Crippen LogP contribution in [-0.4, -0.2) is 42.4 Å². The standard InChI is InChI=1S/C16H20N2O2/c1-20-13-5-6-14-12(9-13)10-15(17-14)16(19)11-18-7-3-2-4-8-18/h5-6,9-10,17H,2-4,7-8,11H2,1H3. The fourth-order valence-electron chi connectivity index (χ4n) is 2.79. The summed E-state index contributed by atoms with van der Waals surface area (Å²) in [5.74, 6) is 0.980. The molecule has 0 saturated carbocycles. The SMILES string of the molecule is COc1ccc2[nH]c(C(=O)CN3CCCCC3)cc2c1. The van der Waals surface area contributed by atoms with Crippen LogP contribution in [0.3, 0.4) is 0 Å². The molecule has 0 atom stereocenters. The fourth-order valence-corrected chi connectivity index (χ4v) is 2.79. The highest BCUT2D eigenvalue weighted by atomic mass is 16.5. The van der Waals surface area contributed by atoms with Crippen molar-refractivity contribution >= 4 is 16.7 Å². The molecule has 0 amide bonds. The molecule has 1 aliphatic heterocycles. The van der Waals surface area contributed by atoms with Crippen molar-refractivity contribution in [2.45, 2.75) is 19.3 Å². The van der Waals surface area contributed by atoms with Crippen LogP contribution in [0.25, 0.3) is 10.9 Å². The number of aromatic amines is 1. The zero-order valence-corrected chi connectivity index (χ0v) is 11.8. The van der Waals surface area contributed by atoms with Crippen LogP contribution >= 0.6 is 0 Å². The molecular weight excluding hydrogens is 252 g/mol. The molecule has 1 saturated heterocycles. The predicted octanol–water partition coefficient (Wildman–Crippen LogP) is 2.85. The van der Waals surface area contributed by atoms with Crippen LogP contribution < -0.4 is 4.74 Å². The molecule has 4 heteroatoms. The van der Waals surface area contributed by atoms with E-state index in [0.717, 1.165) is 29.7 Å². The second kappa shape index (κ2) is 5.67. The first-order valence-corrected chi connectivity index (χ1v) is 7.18. The van der Waals surface area contributed by atoms with Gasteiger partial charge in [0.05, 0.1) is 19.3 Å². The largest absolute Gasteiger partial charge is 0.497 e. The molecule has 20 heavy (non-hydrogen) atoms. The molecule has 0 radical (unpaired) electrons. The van der Waals surface area contributed by atoms with Crippen molar-refractivity contribution in [3.63, 3.8) is 0 Å². The van der Waals surface area contributed by atoms with Gasteiger partial charge in [-0.2, -0.15) is 0 Å². The zero-order valence-electron chi connectivity index (χ0n) is 11.8. The van der Waals surface area contributed by atoms with Gasteiger partial charge in [-0.1, -0.05) is 6.42 Å². The van der Waals surface area contributed by atoms with Gasteiger partial charge in [0.1, 0.15) is 5.75 Å². The lowest BCUT2D eigenvalue weighted by molar-refractivity contribution is 0.0911. The van der Waals surface area contributed by atoms with Gasteiger partial charge >= 0.3 is 0 Å². The van der Waals surface area contributed by atoms with Crippen LogP contribution in [0, 0.1) is 0 Å². The minimum absolute atomic E-state index is 0.169. The monoisotopic (exact) mass is 272 g/mol. The first-order chi connectivity index (χ1) is 9.76. The van der Waals surface area contributed by atoms with Gasteiger partial charge in [0.2, 0.25) is 0 Å². The number of carbonyl (C=O) groups is 1. The Hall–Kier alpha value is -1.81. The van der Waals surface area contributed by atoms with E-state index in [1.165, 1.54) is 19.3 Å². The smallest absolute Gasteiger partial charge is 0.192 e. The number of carbonyl (C=O) groups excluding carboxylic acids is 1. The number of methoxy groups -OCH3 is 1. The predicted molar refractivity (Wildman–Crippen MR) is 79.5 cm³/mol. The van der Waals surface area contributed by atoms with Crippen molar-refractivity contribution in [3.8, 4) is 5.75 Å².